The number of ketones is 1. The van der Waals surface area contributed by atoms with Crippen LogP contribution in [0.2, 0.25) is 10.0 Å². The first kappa shape index (κ1) is 28.8. The molecule has 0 fully saturated rings. The van der Waals surface area contributed by atoms with Crippen molar-refractivity contribution < 1.29 is 37.3 Å². The van der Waals surface area contributed by atoms with Crippen LogP contribution in [0.1, 0.15) is 52.5 Å². The second-order valence-electron chi connectivity index (χ2n) is 9.92. The predicted molar refractivity (Wildman–Crippen MR) is 148 cm³/mol. The van der Waals surface area contributed by atoms with Crippen LogP contribution in [-0.4, -0.2) is 33.4 Å². The van der Waals surface area contributed by atoms with Gasteiger partial charge in [-0.15, -0.1) is 13.2 Å². The predicted octanol–water partition coefficient (Wildman–Crippen LogP) is 7.99. The van der Waals surface area contributed by atoms with Crippen LogP contribution in [0.3, 0.4) is 0 Å². The average Bonchev–Trinajstić information content (AvgIpc) is 3.17. The molecule has 6 nitrogen and oxygen atoms in total. The summed E-state index contributed by atoms with van der Waals surface area (Å²) in [6.45, 7) is 3.61. The van der Waals surface area contributed by atoms with Crippen molar-refractivity contribution >= 4 is 45.9 Å². The topological polar surface area (TPSA) is 77.8 Å². The fraction of sp³-hybridized carbons (Fsp3) is 0.267. The molecule has 1 aliphatic rings. The highest BCUT2D eigenvalue weighted by molar-refractivity contribution is 6.38. The van der Waals surface area contributed by atoms with Gasteiger partial charge in [0.2, 0.25) is 5.60 Å². The molecular weight excluding hydrogens is 582 g/mol. The zero-order valence-electron chi connectivity index (χ0n) is 21.9. The van der Waals surface area contributed by atoms with Crippen LogP contribution in [0.15, 0.2) is 54.6 Å². The van der Waals surface area contributed by atoms with Crippen molar-refractivity contribution in [1.82, 2.24) is 4.57 Å². The highest BCUT2D eigenvalue weighted by atomic mass is 35.5. The van der Waals surface area contributed by atoms with E-state index in [4.69, 9.17) is 27.9 Å². The van der Waals surface area contributed by atoms with Crippen molar-refractivity contribution in [3.05, 3.63) is 92.6 Å². The third kappa shape index (κ3) is 5.48. The van der Waals surface area contributed by atoms with Crippen LogP contribution < -0.4 is 9.47 Å². The first-order chi connectivity index (χ1) is 19.3. The van der Waals surface area contributed by atoms with Gasteiger partial charge < -0.3 is 19.1 Å². The third-order valence-corrected chi connectivity index (χ3v) is 8.02. The van der Waals surface area contributed by atoms with Gasteiger partial charge >= 0.3 is 12.3 Å². The van der Waals surface area contributed by atoms with Gasteiger partial charge in [-0.05, 0) is 67.3 Å². The lowest BCUT2D eigenvalue weighted by Crippen LogP contribution is -2.46. The minimum Gasteiger partial charge on any atom is -0.478 e. The number of alkyl halides is 3. The van der Waals surface area contributed by atoms with Crippen molar-refractivity contribution in [3.63, 3.8) is 0 Å². The summed E-state index contributed by atoms with van der Waals surface area (Å²) >= 11 is 12.3. The van der Waals surface area contributed by atoms with Crippen molar-refractivity contribution in [2.75, 3.05) is 0 Å². The molecule has 2 heterocycles. The number of aromatic nitrogens is 1. The Kier molecular flexibility index (Phi) is 7.46. The molecule has 1 aromatic heterocycles. The standard InChI is InChI=1S/C30H24Cl2F3NO5/c1-3-29(28(38)39)11-10-18-5-4-17(12-25(18)41-29)15-36-16(2)26(27(37)21-8-6-19(31)13-23(21)32)22-9-7-20(14-24(22)36)40-30(33,34)35/h4-9,12-14H,3,10-11,15H2,1-2H3,(H,38,39)/t29-/m1/s1. The Morgan fingerprint density at radius 2 is 1.85 bits per heavy atom. The van der Waals surface area contributed by atoms with Gasteiger partial charge in [0.15, 0.2) is 5.78 Å². The lowest BCUT2D eigenvalue weighted by Gasteiger charge is -2.34. The lowest BCUT2D eigenvalue weighted by atomic mass is 9.88. The number of carboxylic acids is 1. The van der Waals surface area contributed by atoms with Crippen molar-refractivity contribution in [3.8, 4) is 11.5 Å². The van der Waals surface area contributed by atoms with Crippen molar-refractivity contribution in [2.45, 2.75) is 51.6 Å². The van der Waals surface area contributed by atoms with E-state index in [0.717, 1.165) is 11.6 Å². The number of aryl methyl sites for hydroxylation is 1. The molecule has 1 N–H and O–H groups in total. The van der Waals surface area contributed by atoms with Crippen LogP contribution in [-0.2, 0) is 17.8 Å². The molecule has 11 heteroatoms. The molecule has 5 rings (SSSR count). The minimum absolute atomic E-state index is 0.143. The van der Waals surface area contributed by atoms with Crippen LogP contribution in [0.25, 0.3) is 10.9 Å². The Bertz CT molecular complexity index is 1700. The molecule has 4 aromatic rings. The molecular formula is C30H24Cl2F3NO5. The minimum atomic E-state index is -4.90. The Hall–Kier alpha value is -3.69. The molecule has 0 bridgehead atoms. The van der Waals surface area contributed by atoms with E-state index in [0.29, 0.717) is 45.8 Å². The largest absolute Gasteiger partial charge is 0.573 e. The molecule has 0 saturated heterocycles. The number of carbonyl (C=O) groups is 2. The fourth-order valence-corrected chi connectivity index (χ4v) is 5.78. The van der Waals surface area contributed by atoms with E-state index in [1.807, 2.05) is 12.1 Å². The normalized spacial score (nSPS) is 16.8. The molecule has 1 atom stereocenters. The molecule has 1 aliphatic heterocycles. The maximum atomic E-state index is 13.7. The summed E-state index contributed by atoms with van der Waals surface area (Å²) in [5.41, 5.74) is 1.53. The summed E-state index contributed by atoms with van der Waals surface area (Å²) in [5.74, 6) is -1.45. The van der Waals surface area contributed by atoms with Crippen molar-refractivity contribution in [1.29, 1.82) is 0 Å². The van der Waals surface area contributed by atoms with E-state index < -0.39 is 29.5 Å². The highest BCUT2D eigenvalue weighted by Crippen LogP contribution is 2.38. The van der Waals surface area contributed by atoms with Gasteiger partial charge in [-0.2, -0.15) is 0 Å². The molecule has 0 spiro atoms. The molecule has 0 radical (unpaired) electrons. The van der Waals surface area contributed by atoms with E-state index in [2.05, 4.69) is 4.74 Å². The maximum Gasteiger partial charge on any atom is 0.573 e. The first-order valence-electron chi connectivity index (χ1n) is 12.7. The zero-order valence-corrected chi connectivity index (χ0v) is 23.5. The van der Waals surface area contributed by atoms with E-state index in [9.17, 15) is 27.9 Å². The Morgan fingerprint density at radius 1 is 1.10 bits per heavy atom. The van der Waals surface area contributed by atoms with Crippen LogP contribution >= 0.6 is 23.2 Å². The summed E-state index contributed by atoms with van der Waals surface area (Å²) in [6.07, 6.45) is -3.75. The SMILES string of the molecule is CC[C@]1(C(=O)O)CCc2ccc(Cn3c(C)c(C(=O)c4ccc(Cl)cc4Cl)c4ccc(OC(F)(F)F)cc43)cc2O1. The summed E-state index contributed by atoms with van der Waals surface area (Å²) < 4.78 is 51.0. The van der Waals surface area contributed by atoms with Gasteiger partial charge in [-0.3, -0.25) is 4.79 Å². The average molecular weight is 606 g/mol. The Balaban J connectivity index is 1.62. The smallest absolute Gasteiger partial charge is 0.478 e. The summed E-state index contributed by atoms with van der Waals surface area (Å²) in [7, 11) is 0. The number of rotatable bonds is 7. The molecule has 214 valence electrons. The third-order valence-electron chi connectivity index (χ3n) is 7.47. The summed E-state index contributed by atoms with van der Waals surface area (Å²) in [6, 6.07) is 13.7. The van der Waals surface area contributed by atoms with Crippen LogP contribution in [0.5, 0.6) is 11.5 Å². The van der Waals surface area contributed by atoms with Gasteiger partial charge in [0.1, 0.15) is 11.5 Å². The number of nitrogens with zero attached hydrogens (tertiary/aromatic N) is 1. The molecule has 41 heavy (non-hydrogen) atoms. The fourth-order valence-electron chi connectivity index (χ4n) is 5.28. The van der Waals surface area contributed by atoms with Crippen LogP contribution in [0.4, 0.5) is 13.2 Å². The quantitative estimate of drug-likeness (QED) is 0.216. The van der Waals surface area contributed by atoms with E-state index in [-0.39, 0.29) is 29.1 Å². The highest BCUT2D eigenvalue weighted by Gasteiger charge is 2.42. The molecule has 0 saturated carbocycles. The number of fused-ring (bicyclic) bond motifs is 2. The van der Waals surface area contributed by atoms with Gasteiger partial charge in [0, 0.05) is 40.7 Å². The second kappa shape index (κ2) is 10.6. The van der Waals surface area contributed by atoms with Gasteiger partial charge in [-0.1, -0.05) is 42.3 Å². The first-order valence-corrected chi connectivity index (χ1v) is 13.5. The Labute approximate surface area is 243 Å². The zero-order chi connectivity index (χ0) is 29.7. The molecule has 0 aliphatic carbocycles. The number of carboxylic acid groups (broad SMARTS) is 1. The number of hydrogen-bond donors (Lipinski definition) is 1. The van der Waals surface area contributed by atoms with E-state index >= 15 is 0 Å². The number of ether oxygens (including phenoxy) is 2. The molecule has 0 amide bonds. The maximum absolute atomic E-state index is 13.7. The second-order valence-corrected chi connectivity index (χ2v) is 10.8. The molecule has 3 aromatic carbocycles. The van der Waals surface area contributed by atoms with E-state index in [1.54, 1.807) is 24.5 Å². The van der Waals surface area contributed by atoms with Crippen LogP contribution in [0, 0.1) is 6.92 Å². The monoisotopic (exact) mass is 605 g/mol. The van der Waals surface area contributed by atoms with Crippen molar-refractivity contribution in [2.24, 2.45) is 0 Å². The number of hydrogen-bond acceptors (Lipinski definition) is 4. The lowest BCUT2D eigenvalue weighted by molar-refractivity contribution is -0.274. The number of aliphatic carboxylic acids is 1. The van der Waals surface area contributed by atoms with Gasteiger partial charge in [0.05, 0.1) is 16.1 Å². The number of carbonyl (C=O) groups excluding carboxylic acids is 1. The number of benzene rings is 3. The number of halogens is 5. The van der Waals surface area contributed by atoms with Gasteiger partial charge in [0.25, 0.3) is 0 Å². The van der Waals surface area contributed by atoms with E-state index in [1.165, 1.54) is 30.3 Å². The molecule has 0 unspecified atom stereocenters. The Morgan fingerprint density at radius 3 is 2.51 bits per heavy atom. The summed E-state index contributed by atoms with van der Waals surface area (Å²) in [5, 5.41) is 10.7. The van der Waals surface area contributed by atoms with Gasteiger partial charge in [-0.25, -0.2) is 4.79 Å². The summed E-state index contributed by atoms with van der Waals surface area (Å²) in [4.78, 5) is 25.7.